The van der Waals surface area contributed by atoms with E-state index in [1.165, 1.54) is 13.8 Å². The lowest BCUT2D eigenvalue weighted by atomic mass is 10.6. The van der Waals surface area contributed by atoms with E-state index in [9.17, 15) is 4.79 Å². The van der Waals surface area contributed by atoms with E-state index in [2.05, 4.69) is 0 Å². The zero-order valence-corrected chi connectivity index (χ0v) is 7.22. The molecule has 10 heavy (non-hydrogen) atoms. The first-order valence-corrected chi connectivity index (χ1v) is 2.67. The predicted octanol–water partition coefficient (Wildman–Crippen LogP) is 0.364. The Kier molecular flexibility index (Phi) is 87.7. The van der Waals surface area contributed by atoms with E-state index in [1.807, 2.05) is 0 Å². The van der Waals surface area contributed by atoms with Crippen LogP contribution in [0.4, 0.5) is 0 Å². The van der Waals surface area contributed by atoms with Crippen LogP contribution in [-0.4, -0.2) is 29.7 Å². The first-order valence-electron chi connectivity index (χ1n) is 2.67. The van der Waals surface area contributed by atoms with Crippen LogP contribution in [0.25, 0.3) is 0 Å². The summed E-state index contributed by atoms with van der Waals surface area (Å²) >= 11 is 0. The van der Waals surface area contributed by atoms with Gasteiger partial charge in [-0.05, 0) is 20.8 Å². The van der Waals surface area contributed by atoms with E-state index in [4.69, 9.17) is 10.2 Å². The third-order valence-electron chi connectivity index (χ3n) is 0. The van der Waals surface area contributed by atoms with Gasteiger partial charge in [-0.15, -0.1) is 0 Å². The summed E-state index contributed by atoms with van der Waals surface area (Å²) in [6.45, 7) is 4.99. The average molecular weight is 153 g/mol. The highest BCUT2D eigenvalue weighted by molar-refractivity contribution is 5.72. The lowest BCUT2D eigenvalue weighted by Crippen LogP contribution is -1.69. The van der Waals surface area contributed by atoms with Crippen molar-refractivity contribution in [3.05, 3.63) is 0 Å². The molecule has 0 aromatic rings. The summed E-state index contributed by atoms with van der Waals surface area (Å²) in [7, 11) is 1.00. The second kappa shape index (κ2) is 38.7. The fourth-order valence-electron chi connectivity index (χ4n) is 0. The number of aliphatic hydroxyl groups excluding tert-OH is 2. The molecule has 0 heterocycles. The van der Waals surface area contributed by atoms with Crippen LogP contribution in [0.15, 0.2) is 0 Å². The molecule has 0 bridgehead atoms. The number of hydrogen-bond donors (Lipinski definition) is 3. The van der Waals surface area contributed by atoms with Gasteiger partial charge < -0.3 is 21.2 Å². The first kappa shape index (κ1) is 22.7. The van der Waals surface area contributed by atoms with Crippen LogP contribution in [0.5, 0.6) is 0 Å². The molecule has 0 unspecified atom stereocenters. The standard InChI is InChI=1S/C3H6O.C2H6O.CH4O.H3N/c1-3(2)4;1-2-3;1-2;/h1-2H3;3H,2H2,1H3;2H,1H3;1H3. The van der Waals surface area contributed by atoms with Crippen molar-refractivity contribution >= 4 is 5.78 Å². The Balaban J connectivity index is -0.0000000273. The van der Waals surface area contributed by atoms with Crippen LogP contribution in [0, 0.1) is 0 Å². The SMILES string of the molecule is CC(C)=O.CCO.CO.N. The number of carbonyl (C=O) groups excluding carboxylic acids is 1. The molecule has 0 saturated heterocycles. The van der Waals surface area contributed by atoms with Gasteiger partial charge in [0.05, 0.1) is 0 Å². The largest absolute Gasteiger partial charge is 0.400 e. The third kappa shape index (κ3) is 1600. The highest BCUT2D eigenvalue weighted by atomic mass is 16.2. The first-order chi connectivity index (χ1) is 4.15. The second-order valence-electron chi connectivity index (χ2n) is 1.22. The van der Waals surface area contributed by atoms with E-state index in [1.54, 1.807) is 6.92 Å². The predicted molar refractivity (Wildman–Crippen MR) is 42.3 cm³/mol. The molecule has 0 saturated carbocycles. The van der Waals surface area contributed by atoms with Crippen molar-refractivity contribution in [2.75, 3.05) is 13.7 Å². The quantitative estimate of drug-likeness (QED) is 0.468. The maximum Gasteiger partial charge on any atom is 0.126 e. The molecule has 0 aliphatic heterocycles. The Labute approximate surface area is 62.5 Å². The molecule has 0 aromatic carbocycles. The van der Waals surface area contributed by atoms with Gasteiger partial charge in [0.15, 0.2) is 0 Å². The lowest BCUT2D eigenvalue weighted by Gasteiger charge is -1.56. The number of aliphatic hydroxyl groups is 2. The molecule has 0 fully saturated rings. The van der Waals surface area contributed by atoms with Gasteiger partial charge in [0, 0.05) is 13.7 Å². The molecular weight excluding hydrogens is 134 g/mol. The molecule has 4 nitrogen and oxygen atoms in total. The molecule has 66 valence electrons. The second-order valence-corrected chi connectivity index (χ2v) is 1.22. The van der Waals surface area contributed by atoms with E-state index in [0.717, 1.165) is 7.11 Å². The van der Waals surface area contributed by atoms with Crippen molar-refractivity contribution in [2.24, 2.45) is 0 Å². The Bertz CT molecular complexity index is 44.3. The number of ketones is 1. The Morgan fingerprint density at radius 1 is 1.30 bits per heavy atom. The monoisotopic (exact) mass is 153 g/mol. The highest BCUT2D eigenvalue weighted by Gasteiger charge is 1.62. The van der Waals surface area contributed by atoms with Gasteiger partial charge in [-0.2, -0.15) is 0 Å². The molecule has 0 radical (unpaired) electrons. The van der Waals surface area contributed by atoms with Gasteiger partial charge in [-0.1, -0.05) is 0 Å². The van der Waals surface area contributed by atoms with Gasteiger partial charge in [0.1, 0.15) is 5.78 Å². The molecule has 0 aromatic heterocycles. The van der Waals surface area contributed by atoms with Crippen LogP contribution in [0.2, 0.25) is 0 Å². The summed E-state index contributed by atoms with van der Waals surface area (Å²) in [5, 5.41) is 14.6. The molecule has 0 aliphatic rings. The third-order valence-corrected chi connectivity index (χ3v) is 0. The van der Waals surface area contributed by atoms with Crippen LogP contribution < -0.4 is 6.15 Å². The van der Waals surface area contributed by atoms with Gasteiger partial charge in [0.25, 0.3) is 0 Å². The van der Waals surface area contributed by atoms with Gasteiger partial charge in [-0.3, -0.25) is 0 Å². The summed E-state index contributed by atoms with van der Waals surface area (Å²) < 4.78 is 0. The van der Waals surface area contributed by atoms with Gasteiger partial charge >= 0.3 is 0 Å². The van der Waals surface area contributed by atoms with E-state index >= 15 is 0 Å². The van der Waals surface area contributed by atoms with Gasteiger partial charge in [-0.25, -0.2) is 0 Å². The zero-order chi connectivity index (χ0) is 8.28. The highest BCUT2D eigenvalue weighted by Crippen LogP contribution is 1.50. The summed E-state index contributed by atoms with van der Waals surface area (Å²) in [6.07, 6.45) is 0. The van der Waals surface area contributed by atoms with Crippen LogP contribution >= 0.6 is 0 Å². The molecule has 4 heteroatoms. The van der Waals surface area contributed by atoms with Crippen molar-refractivity contribution in [3.63, 3.8) is 0 Å². The Morgan fingerprint density at radius 2 is 1.30 bits per heavy atom. The Morgan fingerprint density at radius 3 is 1.30 bits per heavy atom. The average Bonchev–Trinajstić information content (AvgIpc) is 1.71. The molecular formula is C6H19NO3. The molecule has 5 N–H and O–H groups in total. The van der Waals surface area contributed by atoms with Crippen LogP contribution in [-0.2, 0) is 4.79 Å². The number of Topliss-reactive ketones (excluding diaryl/α,β-unsaturated/α-hetero) is 1. The van der Waals surface area contributed by atoms with Crippen molar-refractivity contribution in [1.82, 2.24) is 6.15 Å². The van der Waals surface area contributed by atoms with Crippen LogP contribution in [0.1, 0.15) is 20.8 Å². The maximum absolute atomic E-state index is 9.44. The number of carbonyl (C=O) groups is 1. The minimum absolute atomic E-state index is 0. The Hall–Kier alpha value is -0.450. The van der Waals surface area contributed by atoms with Crippen molar-refractivity contribution in [1.29, 1.82) is 0 Å². The zero-order valence-electron chi connectivity index (χ0n) is 7.22. The summed E-state index contributed by atoms with van der Waals surface area (Å²) in [5.74, 6) is 0.167. The van der Waals surface area contributed by atoms with E-state index < -0.39 is 0 Å². The fraction of sp³-hybridized carbons (Fsp3) is 0.833. The molecule has 0 atom stereocenters. The van der Waals surface area contributed by atoms with Crippen molar-refractivity contribution < 1.29 is 15.0 Å². The lowest BCUT2D eigenvalue weighted by molar-refractivity contribution is -0.114. The number of hydrogen-bond acceptors (Lipinski definition) is 4. The minimum Gasteiger partial charge on any atom is -0.400 e. The van der Waals surface area contributed by atoms with E-state index in [0.29, 0.717) is 0 Å². The maximum atomic E-state index is 9.44. The van der Waals surface area contributed by atoms with Crippen molar-refractivity contribution in [3.8, 4) is 0 Å². The molecule has 0 aliphatic carbocycles. The smallest absolute Gasteiger partial charge is 0.126 e. The van der Waals surface area contributed by atoms with E-state index in [-0.39, 0.29) is 18.5 Å². The normalized spacial score (nSPS) is 5.00. The molecule has 0 rings (SSSR count). The summed E-state index contributed by atoms with van der Waals surface area (Å²) in [6, 6.07) is 0. The van der Waals surface area contributed by atoms with Crippen molar-refractivity contribution in [2.45, 2.75) is 20.8 Å². The molecule has 0 spiro atoms. The molecule has 0 amide bonds. The van der Waals surface area contributed by atoms with Crippen LogP contribution in [0.3, 0.4) is 0 Å². The summed E-state index contributed by atoms with van der Waals surface area (Å²) in [5.41, 5.74) is 0. The minimum atomic E-state index is 0. The number of rotatable bonds is 0. The summed E-state index contributed by atoms with van der Waals surface area (Å²) in [4.78, 5) is 9.44. The van der Waals surface area contributed by atoms with Gasteiger partial charge in [0.2, 0.25) is 0 Å². The fourth-order valence-corrected chi connectivity index (χ4v) is 0. The topological polar surface area (TPSA) is 92.5 Å².